The fourth-order valence-electron chi connectivity index (χ4n) is 1.42. The van der Waals surface area contributed by atoms with Gasteiger partial charge in [-0.3, -0.25) is 0 Å². The molecule has 0 aliphatic heterocycles. The Kier molecular flexibility index (Phi) is 3.05. The number of hydrogen-bond donors (Lipinski definition) is 1. The summed E-state index contributed by atoms with van der Waals surface area (Å²) in [5.74, 6) is 1.46. The van der Waals surface area contributed by atoms with Gasteiger partial charge in [0.2, 0.25) is 0 Å². The predicted molar refractivity (Wildman–Crippen MR) is 61.5 cm³/mol. The number of nitrogens with two attached hydrogens (primary N) is 1. The molecule has 0 bridgehead atoms. The highest BCUT2D eigenvalue weighted by atomic mass is 15.0. The van der Waals surface area contributed by atoms with Gasteiger partial charge in [0.15, 0.2) is 11.6 Å². The molecule has 0 aliphatic rings. The van der Waals surface area contributed by atoms with Gasteiger partial charge < -0.3 is 5.73 Å². The zero-order valence-corrected chi connectivity index (χ0v) is 9.09. The summed E-state index contributed by atoms with van der Waals surface area (Å²) in [6.07, 6.45) is 5.22. The average molecular weight is 215 g/mol. The third-order valence-electron chi connectivity index (χ3n) is 2.07. The zero-order chi connectivity index (χ0) is 11.4. The highest BCUT2D eigenvalue weighted by Crippen LogP contribution is 2.12. The van der Waals surface area contributed by atoms with Crippen molar-refractivity contribution < 1.29 is 0 Å². The van der Waals surface area contributed by atoms with Crippen LogP contribution in [0.4, 0.5) is 5.82 Å². The Morgan fingerprint density at radius 2 is 1.88 bits per heavy atom. The van der Waals surface area contributed by atoms with Crippen molar-refractivity contribution >= 4 is 5.82 Å². The average Bonchev–Trinajstić information content (AvgIpc) is 2.30. The highest BCUT2D eigenvalue weighted by Gasteiger charge is 2.06. The van der Waals surface area contributed by atoms with Crippen LogP contribution in [0.3, 0.4) is 0 Å². The third-order valence-corrected chi connectivity index (χ3v) is 2.07. The van der Waals surface area contributed by atoms with E-state index in [1.54, 1.807) is 24.5 Å². The Morgan fingerprint density at radius 3 is 2.56 bits per heavy atom. The summed E-state index contributed by atoms with van der Waals surface area (Å²) < 4.78 is 0. The Morgan fingerprint density at radius 1 is 1.12 bits per heavy atom. The Balaban J connectivity index is 2.41. The number of anilines is 1. The molecule has 0 aromatic carbocycles. The lowest BCUT2D eigenvalue weighted by Gasteiger charge is -2.03. The summed E-state index contributed by atoms with van der Waals surface area (Å²) in [4.78, 5) is 16.7. The molecule has 16 heavy (non-hydrogen) atoms. The van der Waals surface area contributed by atoms with Gasteiger partial charge in [0.1, 0.15) is 5.82 Å². The minimum absolute atomic E-state index is 0.459. The van der Waals surface area contributed by atoms with Gasteiger partial charge in [-0.05, 0) is 12.5 Å². The molecule has 0 saturated heterocycles. The molecular formula is C11H13N5. The first-order valence-corrected chi connectivity index (χ1v) is 5.20. The highest BCUT2D eigenvalue weighted by molar-refractivity contribution is 5.47. The summed E-state index contributed by atoms with van der Waals surface area (Å²) in [5, 5.41) is 0. The molecule has 5 heteroatoms. The van der Waals surface area contributed by atoms with Crippen LogP contribution in [0.5, 0.6) is 0 Å². The van der Waals surface area contributed by atoms with Crippen LogP contribution >= 0.6 is 0 Å². The van der Waals surface area contributed by atoms with E-state index in [-0.39, 0.29) is 0 Å². The molecule has 2 aromatic rings. The van der Waals surface area contributed by atoms with Crippen molar-refractivity contribution in [2.45, 2.75) is 19.8 Å². The quantitative estimate of drug-likeness (QED) is 0.838. The van der Waals surface area contributed by atoms with E-state index in [0.717, 1.165) is 18.5 Å². The van der Waals surface area contributed by atoms with Gasteiger partial charge >= 0.3 is 0 Å². The monoisotopic (exact) mass is 215 g/mol. The van der Waals surface area contributed by atoms with Gasteiger partial charge in [-0.1, -0.05) is 13.3 Å². The minimum atomic E-state index is 0.459. The molecule has 2 rings (SSSR count). The fraction of sp³-hybridized carbons (Fsp3) is 0.273. The summed E-state index contributed by atoms with van der Waals surface area (Å²) in [5.41, 5.74) is 6.65. The first-order valence-electron chi connectivity index (χ1n) is 5.20. The third kappa shape index (κ3) is 2.31. The Labute approximate surface area is 93.8 Å². The van der Waals surface area contributed by atoms with Crippen molar-refractivity contribution in [1.29, 1.82) is 0 Å². The smallest absolute Gasteiger partial charge is 0.199 e. The maximum absolute atomic E-state index is 5.72. The Bertz CT molecular complexity index is 469. The molecule has 0 radical (unpaired) electrons. The van der Waals surface area contributed by atoms with E-state index in [4.69, 9.17) is 5.73 Å². The van der Waals surface area contributed by atoms with Crippen LogP contribution in [0, 0.1) is 0 Å². The van der Waals surface area contributed by atoms with E-state index in [2.05, 4.69) is 26.9 Å². The number of nitrogen functional groups attached to an aromatic ring is 1. The van der Waals surface area contributed by atoms with Crippen molar-refractivity contribution in [3.05, 3.63) is 30.2 Å². The lowest BCUT2D eigenvalue weighted by molar-refractivity contribution is 0.873. The molecule has 0 unspecified atom stereocenters. The number of aromatic nitrogens is 4. The number of hydrogen-bond acceptors (Lipinski definition) is 5. The summed E-state index contributed by atoms with van der Waals surface area (Å²) in [7, 11) is 0. The molecule has 2 heterocycles. The predicted octanol–water partition coefficient (Wildman–Crippen LogP) is 1.47. The summed E-state index contributed by atoms with van der Waals surface area (Å²) in [6.45, 7) is 2.09. The number of aryl methyl sites for hydroxylation is 1. The molecule has 0 amide bonds. The van der Waals surface area contributed by atoms with Crippen molar-refractivity contribution in [2.75, 3.05) is 5.73 Å². The van der Waals surface area contributed by atoms with Crippen LogP contribution in [-0.4, -0.2) is 19.9 Å². The van der Waals surface area contributed by atoms with Crippen molar-refractivity contribution in [3.63, 3.8) is 0 Å². The van der Waals surface area contributed by atoms with Gasteiger partial charge in [-0.2, -0.15) is 0 Å². The van der Waals surface area contributed by atoms with E-state index in [1.807, 2.05) is 0 Å². The lowest BCUT2D eigenvalue weighted by atomic mass is 10.2. The molecule has 2 N–H and O–H groups in total. The number of rotatable bonds is 3. The van der Waals surface area contributed by atoms with Crippen LogP contribution in [0.15, 0.2) is 24.5 Å². The number of nitrogens with zero attached hydrogens (tertiary/aromatic N) is 4. The van der Waals surface area contributed by atoms with Gasteiger partial charge in [0.25, 0.3) is 0 Å². The first kappa shape index (κ1) is 10.5. The van der Waals surface area contributed by atoms with Crippen LogP contribution < -0.4 is 5.73 Å². The van der Waals surface area contributed by atoms with Gasteiger partial charge in [0, 0.05) is 24.2 Å². The molecular weight excluding hydrogens is 202 g/mol. The van der Waals surface area contributed by atoms with Crippen LogP contribution in [-0.2, 0) is 6.42 Å². The second-order valence-corrected chi connectivity index (χ2v) is 3.43. The molecule has 0 saturated carbocycles. The van der Waals surface area contributed by atoms with E-state index in [9.17, 15) is 0 Å². The second kappa shape index (κ2) is 4.65. The molecule has 0 aliphatic carbocycles. The molecule has 2 aromatic heterocycles. The van der Waals surface area contributed by atoms with Crippen LogP contribution in [0.2, 0.25) is 0 Å². The van der Waals surface area contributed by atoms with Crippen molar-refractivity contribution in [3.8, 4) is 11.6 Å². The molecule has 0 atom stereocenters. The van der Waals surface area contributed by atoms with Gasteiger partial charge in [0.05, 0.1) is 0 Å². The topological polar surface area (TPSA) is 77.6 Å². The summed E-state index contributed by atoms with van der Waals surface area (Å²) in [6, 6.07) is 3.54. The van der Waals surface area contributed by atoms with Crippen LogP contribution in [0.1, 0.15) is 19.0 Å². The van der Waals surface area contributed by atoms with E-state index in [0.29, 0.717) is 17.5 Å². The SMILES string of the molecule is CCCc1cc(N)nc(-c2ncccn2)n1. The van der Waals surface area contributed by atoms with Crippen molar-refractivity contribution in [2.24, 2.45) is 0 Å². The van der Waals surface area contributed by atoms with Gasteiger partial charge in [-0.15, -0.1) is 0 Å². The summed E-state index contributed by atoms with van der Waals surface area (Å²) >= 11 is 0. The largest absolute Gasteiger partial charge is 0.384 e. The molecule has 0 spiro atoms. The first-order chi connectivity index (χ1) is 7.79. The molecule has 5 nitrogen and oxygen atoms in total. The van der Waals surface area contributed by atoms with Gasteiger partial charge in [-0.25, -0.2) is 19.9 Å². The Hall–Kier alpha value is -2.04. The molecule has 0 fully saturated rings. The standard InChI is InChI=1S/C11H13N5/c1-2-4-8-7-9(12)16-11(15-8)10-13-5-3-6-14-10/h3,5-7H,2,4H2,1H3,(H2,12,15,16). The van der Waals surface area contributed by atoms with Crippen LogP contribution in [0.25, 0.3) is 11.6 Å². The lowest BCUT2D eigenvalue weighted by Crippen LogP contribution is -2.02. The van der Waals surface area contributed by atoms with E-state index < -0.39 is 0 Å². The van der Waals surface area contributed by atoms with E-state index in [1.165, 1.54) is 0 Å². The second-order valence-electron chi connectivity index (χ2n) is 3.43. The fourth-order valence-corrected chi connectivity index (χ4v) is 1.42. The minimum Gasteiger partial charge on any atom is -0.384 e. The maximum atomic E-state index is 5.72. The molecule has 82 valence electrons. The normalized spacial score (nSPS) is 10.3. The van der Waals surface area contributed by atoms with E-state index >= 15 is 0 Å². The van der Waals surface area contributed by atoms with Crippen molar-refractivity contribution in [1.82, 2.24) is 19.9 Å². The zero-order valence-electron chi connectivity index (χ0n) is 9.09. The maximum Gasteiger partial charge on any atom is 0.199 e.